The largest absolute Gasteiger partial charge is 0.293 e. The summed E-state index contributed by atoms with van der Waals surface area (Å²) in [4.78, 5) is 20.3. The lowest BCUT2D eigenvalue weighted by Crippen LogP contribution is -2.29. The number of aromatic nitrogens is 3. The normalized spacial score (nSPS) is 15.0. The van der Waals surface area contributed by atoms with Crippen LogP contribution in [0.3, 0.4) is 0 Å². The van der Waals surface area contributed by atoms with E-state index in [9.17, 15) is 4.79 Å². The number of para-hydroxylation sites is 1. The summed E-state index contributed by atoms with van der Waals surface area (Å²) in [6.45, 7) is 4.95. The molecule has 1 fully saturated rings. The molecule has 1 saturated heterocycles. The van der Waals surface area contributed by atoms with Gasteiger partial charge < -0.3 is 0 Å². The Hall–Kier alpha value is -2.77. The van der Waals surface area contributed by atoms with Gasteiger partial charge in [0.25, 0.3) is 5.91 Å². The number of carbonyl (C=O) groups is 1. The van der Waals surface area contributed by atoms with Gasteiger partial charge in [0.05, 0.1) is 10.6 Å². The molecule has 7 heteroatoms. The quantitative estimate of drug-likeness (QED) is 0.178. The van der Waals surface area contributed by atoms with Crippen LogP contribution in [0.1, 0.15) is 56.8 Å². The van der Waals surface area contributed by atoms with Gasteiger partial charge >= 0.3 is 0 Å². The molecule has 0 spiro atoms. The Balaban J connectivity index is 1.57. The molecule has 5 nitrogen and oxygen atoms in total. The van der Waals surface area contributed by atoms with Gasteiger partial charge in [0.15, 0.2) is 11.6 Å². The van der Waals surface area contributed by atoms with Crippen molar-refractivity contribution in [3.63, 3.8) is 0 Å². The highest BCUT2D eigenvalue weighted by molar-refractivity contribution is 8.26. The van der Waals surface area contributed by atoms with E-state index < -0.39 is 0 Å². The number of hydrogen-bond acceptors (Lipinski definition) is 5. The summed E-state index contributed by atoms with van der Waals surface area (Å²) >= 11 is 6.88. The van der Waals surface area contributed by atoms with E-state index in [4.69, 9.17) is 22.3 Å². The van der Waals surface area contributed by atoms with Crippen molar-refractivity contribution < 1.29 is 4.79 Å². The summed E-state index contributed by atoms with van der Waals surface area (Å²) in [5, 5.41) is 4.76. The number of thiocarbonyl (C=S) groups is 1. The van der Waals surface area contributed by atoms with E-state index in [0.717, 1.165) is 24.1 Å². The molecule has 1 aliphatic heterocycles. The number of hydrogen-bond donors (Lipinski definition) is 0. The minimum Gasteiger partial charge on any atom is -0.293 e. The molecule has 0 bridgehead atoms. The first-order valence-corrected chi connectivity index (χ1v) is 13.1. The Bertz CT molecular complexity index is 1170. The van der Waals surface area contributed by atoms with Crippen molar-refractivity contribution in [1.29, 1.82) is 0 Å². The fraction of sp³-hybridized carbons (Fsp3) is 0.333. The zero-order chi connectivity index (χ0) is 23.9. The number of thioether (sulfide) groups is 1. The van der Waals surface area contributed by atoms with Crippen LogP contribution in [0.5, 0.6) is 0 Å². The zero-order valence-electron chi connectivity index (χ0n) is 19.7. The van der Waals surface area contributed by atoms with E-state index in [1.54, 1.807) is 9.58 Å². The number of rotatable bonds is 10. The molecule has 0 radical (unpaired) electrons. The van der Waals surface area contributed by atoms with Crippen LogP contribution in [0.25, 0.3) is 23.2 Å². The molecule has 0 unspecified atom stereocenters. The van der Waals surface area contributed by atoms with Gasteiger partial charge in [-0.1, -0.05) is 111 Å². The van der Waals surface area contributed by atoms with Crippen molar-refractivity contribution in [1.82, 2.24) is 19.7 Å². The van der Waals surface area contributed by atoms with E-state index in [1.807, 2.05) is 60.7 Å². The van der Waals surface area contributed by atoms with Crippen molar-refractivity contribution in [3.8, 4) is 17.1 Å². The molecule has 1 amide bonds. The summed E-state index contributed by atoms with van der Waals surface area (Å²) in [5.41, 5.74) is 3.01. The fourth-order valence-electron chi connectivity index (χ4n) is 3.86. The molecule has 0 saturated carbocycles. The first-order chi connectivity index (χ1) is 16.6. The van der Waals surface area contributed by atoms with Gasteiger partial charge in [-0.25, -0.2) is 9.67 Å². The van der Waals surface area contributed by atoms with Gasteiger partial charge in [-0.3, -0.25) is 9.69 Å². The zero-order valence-corrected chi connectivity index (χ0v) is 21.4. The van der Waals surface area contributed by atoms with Gasteiger partial charge in [-0.15, -0.1) is 5.10 Å². The van der Waals surface area contributed by atoms with Gasteiger partial charge in [0.1, 0.15) is 4.32 Å². The second-order valence-corrected chi connectivity index (χ2v) is 10.2. The summed E-state index contributed by atoms with van der Waals surface area (Å²) < 4.78 is 2.41. The highest BCUT2D eigenvalue weighted by atomic mass is 32.2. The molecule has 176 valence electrons. The number of unbranched alkanes of at least 4 members (excludes halogenated alkanes) is 5. The average molecular weight is 491 g/mol. The van der Waals surface area contributed by atoms with E-state index in [2.05, 4.69) is 13.8 Å². The molecule has 0 N–H and O–H groups in total. The monoisotopic (exact) mass is 490 g/mol. The maximum absolute atomic E-state index is 13.1. The number of nitrogens with zero attached hydrogens (tertiary/aromatic N) is 4. The molecule has 0 atom stereocenters. The molecular formula is C27H30N4OS2. The van der Waals surface area contributed by atoms with Crippen LogP contribution in [-0.2, 0) is 4.79 Å². The maximum Gasteiger partial charge on any atom is 0.266 e. The highest BCUT2D eigenvalue weighted by Crippen LogP contribution is 2.33. The van der Waals surface area contributed by atoms with E-state index in [-0.39, 0.29) is 5.91 Å². The third-order valence-corrected chi connectivity index (χ3v) is 7.19. The van der Waals surface area contributed by atoms with Crippen molar-refractivity contribution in [2.45, 2.75) is 52.4 Å². The lowest BCUT2D eigenvalue weighted by molar-refractivity contribution is -0.122. The molecule has 1 aliphatic rings. The average Bonchev–Trinajstić information content (AvgIpc) is 3.38. The van der Waals surface area contributed by atoms with Crippen LogP contribution < -0.4 is 0 Å². The van der Waals surface area contributed by atoms with Crippen LogP contribution in [0.2, 0.25) is 0 Å². The second-order valence-electron chi connectivity index (χ2n) is 8.51. The molecule has 2 heterocycles. The number of aryl methyl sites for hydroxylation is 1. The third-order valence-electron chi connectivity index (χ3n) is 5.81. The molecule has 2 aromatic carbocycles. The van der Waals surface area contributed by atoms with E-state index in [1.165, 1.54) is 43.0 Å². The van der Waals surface area contributed by atoms with Gasteiger partial charge in [-0.2, -0.15) is 0 Å². The Morgan fingerprint density at radius 2 is 1.68 bits per heavy atom. The van der Waals surface area contributed by atoms with Gasteiger partial charge in [0, 0.05) is 18.2 Å². The molecule has 1 aromatic heterocycles. The Morgan fingerprint density at radius 1 is 0.971 bits per heavy atom. The topological polar surface area (TPSA) is 51.0 Å². The van der Waals surface area contributed by atoms with E-state index >= 15 is 0 Å². The Labute approximate surface area is 211 Å². The predicted octanol–water partition coefficient (Wildman–Crippen LogP) is 6.80. The lowest BCUT2D eigenvalue weighted by atomic mass is 10.1. The molecular weight excluding hydrogens is 460 g/mol. The van der Waals surface area contributed by atoms with Gasteiger partial charge in [0.2, 0.25) is 0 Å². The SMILES string of the molecule is CCCCCCCCN1C(=O)C(=Cc2nc(-c3ccc(C)cc3)nn2-c2ccccc2)SC1=S. The van der Waals surface area contributed by atoms with Gasteiger partial charge in [-0.05, 0) is 25.5 Å². The Kier molecular flexibility index (Phi) is 8.29. The summed E-state index contributed by atoms with van der Waals surface area (Å²) in [6, 6.07) is 18.0. The maximum atomic E-state index is 13.1. The lowest BCUT2D eigenvalue weighted by Gasteiger charge is -2.13. The predicted molar refractivity (Wildman–Crippen MR) is 145 cm³/mol. The third kappa shape index (κ3) is 5.83. The number of carbonyl (C=O) groups excluding carboxylic acids is 1. The molecule has 4 rings (SSSR count). The fourth-order valence-corrected chi connectivity index (χ4v) is 5.14. The number of amides is 1. The standard InChI is InChI=1S/C27H30N4OS2/c1-3-4-5-6-7-11-18-30-26(32)23(34-27(30)33)19-24-28-25(21-16-14-20(2)15-17-21)29-31(24)22-12-9-8-10-13-22/h8-10,12-17,19H,3-7,11,18H2,1-2H3. The van der Waals surface area contributed by atoms with Crippen molar-refractivity contribution in [2.75, 3.05) is 6.54 Å². The van der Waals surface area contributed by atoms with Crippen LogP contribution in [0.4, 0.5) is 0 Å². The van der Waals surface area contributed by atoms with Crippen LogP contribution in [0, 0.1) is 6.92 Å². The minimum atomic E-state index is -0.0388. The summed E-state index contributed by atoms with van der Waals surface area (Å²) in [5.74, 6) is 1.20. The van der Waals surface area contributed by atoms with Crippen molar-refractivity contribution >= 4 is 40.3 Å². The molecule has 0 aliphatic carbocycles. The Morgan fingerprint density at radius 3 is 2.41 bits per heavy atom. The van der Waals surface area contributed by atoms with Crippen LogP contribution >= 0.6 is 24.0 Å². The minimum absolute atomic E-state index is 0.0388. The van der Waals surface area contributed by atoms with E-state index in [0.29, 0.717) is 27.4 Å². The second kappa shape index (κ2) is 11.6. The number of benzene rings is 2. The first kappa shape index (κ1) is 24.4. The first-order valence-electron chi connectivity index (χ1n) is 11.9. The van der Waals surface area contributed by atoms with Crippen molar-refractivity contribution in [3.05, 3.63) is 70.9 Å². The molecule has 34 heavy (non-hydrogen) atoms. The van der Waals surface area contributed by atoms with Crippen LogP contribution in [-0.4, -0.2) is 36.4 Å². The molecule has 3 aromatic rings. The summed E-state index contributed by atoms with van der Waals surface area (Å²) in [7, 11) is 0. The smallest absolute Gasteiger partial charge is 0.266 e. The highest BCUT2D eigenvalue weighted by Gasteiger charge is 2.32. The van der Waals surface area contributed by atoms with Crippen molar-refractivity contribution in [2.24, 2.45) is 0 Å². The summed E-state index contributed by atoms with van der Waals surface area (Å²) in [6.07, 6.45) is 8.89. The van der Waals surface area contributed by atoms with Crippen LogP contribution in [0.15, 0.2) is 59.5 Å².